The first-order chi connectivity index (χ1) is 9.06. The quantitative estimate of drug-likeness (QED) is 0.328. The van der Waals surface area contributed by atoms with Gasteiger partial charge >= 0.3 is 0 Å². The topological polar surface area (TPSA) is 70.8 Å². The zero-order valence-electron chi connectivity index (χ0n) is 11.2. The van der Waals surface area contributed by atoms with Gasteiger partial charge in [0, 0.05) is 26.4 Å². The fourth-order valence-corrected chi connectivity index (χ4v) is 1.37. The summed E-state index contributed by atoms with van der Waals surface area (Å²) in [5.74, 6) is 0.574. The Hall–Kier alpha value is -1.92. The van der Waals surface area contributed by atoms with Crippen LogP contribution in [-0.2, 0) is 9.47 Å². The smallest absolute Gasteiger partial charge is 0.269 e. The highest BCUT2D eigenvalue weighted by molar-refractivity contribution is 5.36. The molecule has 0 heterocycles. The van der Waals surface area contributed by atoms with Crippen LogP contribution in [0.5, 0.6) is 5.75 Å². The number of nitro groups is 1. The van der Waals surface area contributed by atoms with E-state index in [0.29, 0.717) is 12.4 Å². The standard InChI is InChI=1S/C13H17NO5/c1-10(8-13(17-2)18-3)9-19-12-6-4-11(5-7-12)14(15)16/h4-8,13H,9H2,1-3H3. The Bertz CT molecular complexity index is 437. The first-order valence-corrected chi connectivity index (χ1v) is 5.67. The van der Waals surface area contributed by atoms with Crippen LogP contribution in [0.4, 0.5) is 5.69 Å². The first kappa shape index (κ1) is 15.1. The molecule has 0 N–H and O–H groups in total. The van der Waals surface area contributed by atoms with Crippen LogP contribution in [0, 0.1) is 10.1 Å². The van der Waals surface area contributed by atoms with Crippen molar-refractivity contribution in [1.29, 1.82) is 0 Å². The van der Waals surface area contributed by atoms with Gasteiger partial charge in [0.15, 0.2) is 6.29 Å². The molecule has 1 aromatic rings. The van der Waals surface area contributed by atoms with E-state index in [0.717, 1.165) is 5.57 Å². The van der Waals surface area contributed by atoms with Crippen molar-refractivity contribution in [2.75, 3.05) is 20.8 Å². The maximum atomic E-state index is 10.5. The van der Waals surface area contributed by atoms with Crippen LogP contribution in [0.1, 0.15) is 6.92 Å². The maximum Gasteiger partial charge on any atom is 0.269 e. The summed E-state index contributed by atoms with van der Waals surface area (Å²) >= 11 is 0. The molecule has 0 spiro atoms. The number of nitrogens with zero attached hydrogens (tertiary/aromatic N) is 1. The number of benzene rings is 1. The van der Waals surface area contributed by atoms with Gasteiger partial charge in [-0.3, -0.25) is 10.1 Å². The number of non-ortho nitro benzene ring substituents is 1. The van der Waals surface area contributed by atoms with Crippen LogP contribution < -0.4 is 4.74 Å². The number of hydrogen-bond donors (Lipinski definition) is 0. The van der Waals surface area contributed by atoms with Crippen LogP contribution in [0.2, 0.25) is 0 Å². The van der Waals surface area contributed by atoms with E-state index in [-0.39, 0.29) is 5.69 Å². The Labute approximate surface area is 111 Å². The van der Waals surface area contributed by atoms with Gasteiger partial charge in [-0.15, -0.1) is 0 Å². The molecule has 104 valence electrons. The second-order valence-electron chi connectivity index (χ2n) is 3.89. The monoisotopic (exact) mass is 267 g/mol. The molecule has 0 saturated heterocycles. The molecule has 1 rings (SSSR count). The fourth-order valence-electron chi connectivity index (χ4n) is 1.37. The van der Waals surface area contributed by atoms with Gasteiger partial charge < -0.3 is 14.2 Å². The third kappa shape index (κ3) is 5.07. The summed E-state index contributed by atoms with van der Waals surface area (Å²) in [6.07, 6.45) is 1.39. The van der Waals surface area contributed by atoms with E-state index in [2.05, 4.69) is 0 Å². The van der Waals surface area contributed by atoms with Gasteiger partial charge in [-0.1, -0.05) is 0 Å². The molecule has 6 heteroatoms. The van der Waals surface area contributed by atoms with Crippen molar-refractivity contribution in [3.63, 3.8) is 0 Å². The van der Waals surface area contributed by atoms with E-state index in [1.807, 2.05) is 6.92 Å². The van der Waals surface area contributed by atoms with Crippen molar-refractivity contribution in [1.82, 2.24) is 0 Å². The van der Waals surface area contributed by atoms with Crippen molar-refractivity contribution >= 4 is 5.69 Å². The third-order valence-corrected chi connectivity index (χ3v) is 2.40. The molecule has 0 fully saturated rings. The zero-order chi connectivity index (χ0) is 14.3. The van der Waals surface area contributed by atoms with Crippen LogP contribution in [0.15, 0.2) is 35.9 Å². The van der Waals surface area contributed by atoms with Gasteiger partial charge in [-0.05, 0) is 30.7 Å². The van der Waals surface area contributed by atoms with E-state index in [4.69, 9.17) is 14.2 Å². The lowest BCUT2D eigenvalue weighted by Crippen LogP contribution is -2.11. The van der Waals surface area contributed by atoms with Crippen LogP contribution in [0.25, 0.3) is 0 Å². The second kappa shape index (κ2) is 7.50. The molecule has 6 nitrogen and oxygen atoms in total. The number of rotatable bonds is 7. The SMILES string of the molecule is COC(C=C(C)COc1ccc([N+](=O)[O-])cc1)OC. The molecule has 0 saturated carbocycles. The predicted octanol–water partition coefficient (Wildman–Crippen LogP) is 2.54. The van der Waals surface area contributed by atoms with E-state index < -0.39 is 11.2 Å². The van der Waals surface area contributed by atoms with Gasteiger partial charge in [0.25, 0.3) is 5.69 Å². The highest BCUT2D eigenvalue weighted by Gasteiger charge is 2.05. The molecule has 0 unspecified atom stereocenters. The summed E-state index contributed by atoms with van der Waals surface area (Å²) in [7, 11) is 3.10. The minimum atomic E-state index is -0.448. The van der Waals surface area contributed by atoms with Gasteiger partial charge in [0.2, 0.25) is 0 Å². The average molecular weight is 267 g/mol. The van der Waals surface area contributed by atoms with Crippen molar-refractivity contribution in [3.05, 3.63) is 46.0 Å². The number of ether oxygens (including phenoxy) is 3. The molecule has 0 radical (unpaired) electrons. The first-order valence-electron chi connectivity index (χ1n) is 5.67. The lowest BCUT2D eigenvalue weighted by Gasteiger charge is -2.11. The Balaban J connectivity index is 2.54. The fraction of sp³-hybridized carbons (Fsp3) is 0.385. The van der Waals surface area contributed by atoms with E-state index in [1.54, 1.807) is 32.4 Å². The molecule has 1 aromatic carbocycles. The summed E-state index contributed by atoms with van der Waals surface area (Å²) in [4.78, 5) is 10.0. The summed E-state index contributed by atoms with van der Waals surface area (Å²) in [5.41, 5.74) is 0.977. The molecule has 0 bridgehead atoms. The molecular formula is C13H17NO5. The molecule has 0 amide bonds. The Morgan fingerprint density at radius 1 is 1.32 bits per heavy atom. The number of nitro benzene ring substituents is 1. The van der Waals surface area contributed by atoms with Crippen molar-refractivity contribution < 1.29 is 19.1 Å². The summed E-state index contributed by atoms with van der Waals surface area (Å²) in [6.45, 7) is 2.25. The number of hydrogen-bond acceptors (Lipinski definition) is 5. The van der Waals surface area contributed by atoms with Crippen LogP contribution in [-0.4, -0.2) is 32.0 Å². The minimum absolute atomic E-state index is 0.0402. The third-order valence-electron chi connectivity index (χ3n) is 2.40. The highest BCUT2D eigenvalue weighted by Crippen LogP contribution is 2.17. The molecule has 0 aliphatic carbocycles. The lowest BCUT2D eigenvalue weighted by atomic mass is 10.3. The average Bonchev–Trinajstić information content (AvgIpc) is 2.43. The molecule has 19 heavy (non-hydrogen) atoms. The molecule has 0 aliphatic heterocycles. The summed E-state index contributed by atoms with van der Waals surface area (Å²) < 4.78 is 15.6. The molecular weight excluding hydrogens is 250 g/mol. The predicted molar refractivity (Wildman–Crippen MR) is 70.2 cm³/mol. The van der Waals surface area contributed by atoms with Gasteiger partial charge in [-0.2, -0.15) is 0 Å². The van der Waals surface area contributed by atoms with Crippen molar-refractivity contribution in [2.45, 2.75) is 13.2 Å². The Kier molecular flexibility index (Phi) is 5.98. The maximum absolute atomic E-state index is 10.5. The van der Waals surface area contributed by atoms with Crippen molar-refractivity contribution in [2.24, 2.45) is 0 Å². The lowest BCUT2D eigenvalue weighted by molar-refractivity contribution is -0.384. The van der Waals surface area contributed by atoms with E-state index in [9.17, 15) is 10.1 Å². The van der Waals surface area contributed by atoms with E-state index in [1.165, 1.54) is 12.1 Å². The summed E-state index contributed by atoms with van der Waals surface area (Å²) in [5, 5.41) is 10.5. The van der Waals surface area contributed by atoms with E-state index >= 15 is 0 Å². The molecule has 0 aliphatic rings. The van der Waals surface area contributed by atoms with Crippen molar-refractivity contribution in [3.8, 4) is 5.75 Å². The van der Waals surface area contributed by atoms with Gasteiger partial charge in [0.05, 0.1) is 4.92 Å². The normalized spacial score (nSPS) is 11.7. The highest BCUT2D eigenvalue weighted by atomic mass is 16.7. The largest absolute Gasteiger partial charge is 0.489 e. The molecule has 0 aromatic heterocycles. The second-order valence-corrected chi connectivity index (χ2v) is 3.89. The summed E-state index contributed by atoms with van der Waals surface area (Å²) in [6, 6.07) is 5.94. The van der Waals surface area contributed by atoms with Crippen LogP contribution in [0.3, 0.4) is 0 Å². The number of methoxy groups -OCH3 is 2. The van der Waals surface area contributed by atoms with Gasteiger partial charge in [0.1, 0.15) is 12.4 Å². The zero-order valence-corrected chi connectivity index (χ0v) is 11.2. The van der Waals surface area contributed by atoms with Gasteiger partial charge in [-0.25, -0.2) is 0 Å². The Morgan fingerprint density at radius 3 is 2.37 bits per heavy atom. The van der Waals surface area contributed by atoms with Crippen LogP contribution >= 0.6 is 0 Å². The molecule has 0 atom stereocenters. The Morgan fingerprint density at radius 2 is 1.89 bits per heavy atom. The minimum Gasteiger partial charge on any atom is -0.489 e.